The second kappa shape index (κ2) is 9.83. The third kappa shape index (κ3) is 4.20. The van der Waals surface area contributed by atoms with Gasteiger partial charge in [-0.2, -0.15) is 4.31 Å². The Morgan fingerprint density at radius 2 is 1.97 bits per heavy atom. The van der Waals surface area contributed by atoms with Gasteiger partial charge in [0.25, 0.3) is 5.56 Å². The SMILES string of the molecule is CCCn1c(=O)n(C)c(=O)c2[nH]c(-c3cc(S(=O)(=O)N4CCN5C=C(O)C[C@H]5C4)ccc3OCC)c(Cl)c21. The van der Waals surface area contributed by atoms with E-state index in [0.29, 0.717) is 49.5 Å². The zero-order valence-electron chi connectivity index (χ0n) is 21.4. The van der Waals surface area contributed by atoms with Crippen molar-refractivity contribution in [2.75, 3.05) is 26.2 Å². The molecular formula is C25H30ClN5O6S. The van der Waals surface area contributed by atoms with Crippen LogP contribution in [0.25, 0.3) is 22.3 Å². The number of aromatic nitrogens is 3. The maximum absolute atomic E-state index is 13.7. The second-order valence-corrected chi connectivity index (χ2v) is 11.8. The summed E-state index contributed by atoms with van der Waals surface area (Å²) in [6, 6.07) is 4.43. The minimum absolute atomic E-state index is 0.0492. The van der Waals surface area contributed by atoms with Gasteiger partial charge in [-0.3, -0.25) is 13.9 Å². The number of rotatable bonds is 7. The van der Waals surface area contributed by atoms with Crippen LogP contribution in [0.1, 0.15) is 26.7 Å². The predicted octanol–water partition coefficient (Wildman–Crippen LogP) is 2.64. The molecule has 2 aliphatic rings. The molecule has 2 aromatic heterocycles. The van der Waals surface area contributed by atoms with Crippen molar-refractivity contribution in [3.63, 3.8) is 0 Å². The lowest BCUT2D eigenvalue weighted by Gasteiger charge is -2.37. The van der Waals surface area contributed by atoms with Gasteiger partial charge in [0.15, 0.2) is 0 Å². The normalized spacial score (nSPS) is 18.2. The third-order valence-corrected chi connectivity index (χ3v) is 9.31. The fourth-order valence-electron chi connectivity index (χ4n) is 5.22. The van der Waals surface area contributed by atoms with Crippen LogP contribution in [0.4, 0.5) is 0 Å². The van der Waals surface area contributed by atoms with E-state index in [1.807, 2.05) is 11.8 Å². The molecule has 11 nitrogen and oxygen atoms in total. The molecule has 204 valence electrons. The van der Waals surface area contributed by atoms with Crippen LogP contribution < -0.4 is 16.0 Å². The van der Waals surface area contributed by atoms with Gasteiger partial charge in [-0.1, -0.05) is 18.5 Å². The van der Waals surface area contributed by atoms with E-state index in [1.165, 1.54) is 28.1 Å². The standard InChI is InChI=1S/C25H30ClN5O6S/c1-4-8-31-23-20(26)21(27-22(23)24(33)28(3)25(31)34)18-12-17(6-7-19(18)37-5-2)38(35,36)30-10-9-29-14-16(32)11-15(29)13-30/h6-7,12,14-15,27,32H,4-5,8-11,13H2,1-3H3/t15-/m0/s1. The Hall–Kier alpha value is -3.22. The van der Waals surface area contributed by atoms with E-state index in [-0.39, 0.29) is 45.8 Å². The molecule has 0 radical (unpaired) electrons. The van der Waals surface area contributed by atoms with Crippen molar-refractivity contribution in [3.8, 4) is 17.0 Å². The van der Waals surface area contributed by atoms with E-state index >= 15 is 0 Å². The summed E-state index contributed by atoms with van der Waals surface area (Å²) < 4.78 is 37.1. The Bertz CT molecular complexity index is 1670. The molecule has 0 amide bonds. The molecule has 13 heteroatoms. The highest BCUT2D eigenvalue weighted by molar-refractivity contribution is 7.89. The quantitative estimate of drug-likeness (QED) is 0.452. The number of ether oxygens (including phenoxy) is 1. The first-order valence-corrected chi connectivity index (χ1v) is 14.3. The molecule has 1 atom stereocenters. The zero-order valence-corrected chi connectivity index (χ0v) is 23.0. The molecule has 5 rings (SSSR count). The van der Waals surface area contributed by atoms with Crippen molar-refractivity contribution in [1.82, 2.24) is 23.3 Å². The van der Waals surface area contributed by atoms with Gasteiger partial charge < -0.3 is 19.7 Å². The molecule has 38 heavy (non-hydrogen) atoms. The van der Waals surface area contributed by atoms with Crippen molar-refractivity contribution < 1.29 is 18.3 Å². The van der Waals surface area contributed by atoms with Crippen LogP contribution in [-0.2, 0) is 23.6 Å². The summed E-state index contributed by atoms with van der Waals surface area (Å²) in [4.78, 5) is 30.9. The Morgan fingerprint density at radius 3 is 2.68 bits per heavy atom. The average molecular weight is 564 g/mol. The highest BCUT2D eigenvalue weighted by Gasteiger charge is 2.36. The second-order valence-electron chi connectivity index (χ2n) is 9.51. The fourth-order valence-corrected chi connectivity index (χ4v) is 7.06. The van der Waals surface area contributed by atoms with Gasteiger partial charge in [0.05, 0.1) is 27.7 Å². The number of fused-ring (bicyclic) bond motifs is 2. The van der Waals surface area contributed by atoms with Gasteiger partial charge >= 0.3 is 5.69 Å². The largest absolute Gasteiger partial charge is 0.511 e. The van der Waals surface area contributed by atoms with Gasteiger partial charge in [-0.15, -0.1) is 0 Å². The molecule has 2 aliphatic heterocycles. The molecule has 2 N–H and O–H groups in total. The first-order chi connectivity index (χ1) is 18.1. The van der Waals surface area contributed by atoms with Crippen LogP contribution in [-0.4, -0.2) is 69.1 Å². The predicted molar refractivity (Wildman–Crippen MR) is 144 cm³/mol. The smallest absolute Gasteiger partial charge is 0.331 e. The molecule has 0 saturated carbocycles. The molecule has 0 bridgehead atoms. The maximum atomic E-state index is 13.7. The molecule has 1 saturated heterocycles. The minimum Gasteiger partial charge on any atom is -0.511 e. The van der Waals surface area contributed by atoms with Crippen molar-refractivity contribution in [2.45, 2.75) is 44.2 Å². The van der Waals surface area contributed by atoms with Crippen molar-refractivity contribution in [2.24, 2.45) is 7.05 Å². The zero-order chi connectivity index (χ0) is 27.4. The summed E-state index contributed by atoms with van der Waals surface area (Å²) in [5, 5.41) is 10.0. The number of benzene rings is 1. The summed E-state index contributed by atoms with van der Waals surface area (Å²) in [5.74, 6) is 0.634. The fraction of sp³-hybridized carbons (Fsp3) is 0.440. The monoisotopic (exact) mass is 563 g/mol. The van der Waals surface area contributed by atoms with E-state index in [2.05, 4.69) is 4.98 Å². The molecule has 1 fully saturated rings. The number of sulfonamides is 1. The summed E-state index contributed by atoms with van der Waals surface area (Å²) in [7, 11) is -2.49. The molecule has 0 aliphatic carbocycles. The lowest BCUT2D eigenvalue weighted by Crippen LogP contribution is -2.51. The number of H-pyrrole nitrogens is 1. The first kappa shape index (κ1) is 26.4. The molecule has 0 unspecified atom stereocenters. The summed E-state index contributed by atoms with van der Waals surface area (Å²) in [6.07, 6.45) is 2.72. The maximum Gasteiger partial charge on any atom is 0.331 e. The van der Waals surface area contributed by atoms with E-state index in [1.54, 1.807) is 19.2 Å². The van der Waals surface area contributed by atoms with E-state index in [9.17, 15) is 23.1 Å². The number of aromatic amines is 1. The lowest BCUT2D eigenvalue weighted by molar-refractivity contribution is 0.182. The minimum atomic E-state index is -3.89. The average Bonchev–Trinajstić information content (AvgIpc) is 3.44. The molecule has 1 aromatic carbocycles. The van der Waals surface area contributed by atoms with Crippen LogP contribution in [0.3, 0.4) is 0 Å². The van der Waals surface area contributed by atoms with E-state index in [4.69, 9.17) is 16.3 Å². The van der Waals surface area contributed by atoms with Gasteiger partial charge in [0, 0.05) is 57.5 Å². The van der Waals surface area contributed by atoms with Crippen LogP contribution >= 0.6 is 11.6 Å². The topological polar surface area (TPSA) is 130 Å². The Labute approximate surface area is 224 Å². The summed E-state index contributed by atoms with van der Waals surface area (Å²) in [5.41, 5.74) is 0.0798. The van der Waals surface area contributed by atoms with Crippen molar-refractivity contribution in [1.29, 1.82) is 0 Å². The first-order valence-electron chi connectivity index (χ1n) is 12.5. The number of nitrogens with one attached hydrogen (secondary N) is 1. The number of halogens is 1. The Balaban J connectivity index is 1.64. The van der Waals surface area contributed by atoms with Gasteiger partial charge in [-0.05, 0) is 31.5 Å². The van der Waals surface area contributed by atoms with E-state index < -0.39 is 21.3 Å². The van der Waals surface area contributed by atoms with Crippen molar-refractivity contribution >= 4 is 32.7 Å². The molecule has 0 spiro atoms. The third-order valence-electron chi connectivity index (χ3n) is 7.08. The van der Waals surface area contributed by atoms with Crippen LogP contribution in [0, 0.1) is 0 Å². The number of hydrogen-bond donors (Lipinski definition) is 2. The molecule has 4 heterocycles. The number of aliphatic hydroxyl groups is 1. The number of hydrogen-bond acceptors (Lipinski definition) is 7. The molecule has 3 aromatic rings. The Kier molecular flexibility index (Phi) is 6.82. The summed E-state index contributed by atoms with van der Waals surface area (Å²) >= 11 is 6.80. The van der Waals surface area contributed by atoms with Crippen LogP contribution in [0.5, 0.6) is 5.75 Å². The number of nitrogens with zero attached hydrogens (tertiary/aromatic N) is 4. The van der Waals surface area contributed by atoms with Crippen LogP contribution in [0.15, 0.2) is 44.6 Å². The number of piperazine rings is 1. The van der Waals surface area contributed by atoms with Crippen molar-refractivity contribution in [3.05, 3.63) is 56.0 Å². The van der Waals surface area contributed by atoms with Gasteiger partial charge in [-0.25, -0.2) is 13.2 Å². The summed E-state index contributed by atoms with van der Waals surface area (Å²) in [6.45, 7) is 5.39. The lowest BCUT2D eigenvalue weighted by atomic mass is 10.1. The van der Waals surface area contributed by atoms with Gasteiger partial charge in [0.2, 0.25) is 10.0 Å². The Morgan fingerprint density at radius 1 is 1.21 bits per heavy atom. The number of aryl methyl sites for hydroxylation is 1. The highest BCUT2D eigenvalue weighted by Crippen LogP contribution is 2.40. The number of aliphatic hydroxyl groups excluding tert-OH is 1. The molecular weight excluding hydrogens is 534 g/mol. The van der Waals surface area contributed by atoms with Crippen LogP contribution in [0.2, 0.25) is 5.02 Å². The van der Waals surface area contributed by atoms with Gasteiger partial charge in [0.1, 0.15) is 17.0 Å². The van der Waals surface area contributed by atoms with E-state index in [0.717, 1.165) is 4.57 Å². The highest BCUT2D eigenvalue weighted by atomic mass is 35.5.